The van der Waals surface area contributed by atoms with E-state index in [4.69, 9.17) is 21.1 Å². The second-order valence-electron chi connectivity index (χ2n) is 8.05. The maximum Gasteiger partial charge on any atom is 0.259 e. The van der Waals surface area contributed by atoms with Crippen LogP contribution in [-0.4, -0.2) is 62.4 Å². The van der Waals surface area contributed by atoms with E-state index in [1.165, 1.54) is 30.8 Å². The number of aliphatic hydroxyl groups is 1. The third-order valence-electron chi connectivity index (χ3n) is 5.69. The largest absolute Gasteiger partial charge is 0.494 e. The smallest absolute Gasteiger partial charge is 0.259 e. The van der Waals surface area contributed by atoms with Crippen LogP contribution in [0, 0.1) is 6.92 Å². The first kappa shape index (κ1) is 23.5. The maximum absolute atomic E-state index is 13.3. The molecule has 0 spiro atoms. The molecule has 0 aliphatic carbocycles. The highest BCUT2D eigenvalue weighted by Gasteiger charge is 2.28. The van der Waals surface area contributed by atoms with Crippen LogP contribution >= 0.6 is 22.9 Å². The van der Waals surface area contributed by atoms with Gasteiger partial charge >= 0.3 is 0 Å². The molecule has 10 nitrogen and oxygen atoms in total. The van der Waals surface area contributed by atoms with Crippen LogP contribution in [0.5, 0.6) is 5.75 Å². The van der Waals surface area contributed by atoms with Crippen LogP contribution in [0.2, 0.25) is 5.15 Å². The summed E-state index contributed by atoms with van der Waals surface area (Å²) < 4.78 is 11.0. The highest BCUT2D eigenvalue weighted by atomic mass is 35.5. The van der Waals surface area contributed by atoms with Gasteiger partial charge in [-0.15, -0.1) is 0 Å². The van der Waals surface area contributed by atoms with Crippen molar-refractivity contribution in [3.63, 3.8) is 0 Å². The molecule has 12 heteroatoms. The van der Waals surface area contributed by atoms with Crippen LogP contribution in [0.3, 0.4) is 0 Å². The number of anilines is 1. The summed E-state index contributed by atoms with van der Waals surface area (Å²) in [5.41, 5.74) is 3.51. The van der Waals surface area contributed by atoms with Gasteiger partial charge in [0.15, 0.2) is 15.6 Å². The van der Waals surface area contributed by atoms with Crippen molar-refractivity contribution < 1.29 is 19.4 Å². The zero-order valence-corrected chi connectivity index (χ0v) is 20.4. The molecule has 0 aromatic carbocycles. The SMILES string of the molecule is COc1cnc(Cl)cc1-c1cc(C)ncc1C(=O)Nc1nc2ncc(C3COC(CO)C3)nc2s1. The Bertz CT molecular complexity index is 1410. The number of rotatable bonds is 6. The van der Waals surface area contributed by atoms with E-state index in [0.29, 0.717) is 51.1 Å². The number of thiazole rings is 1. The molecular formula is C23H21ClN6O4S. The van der Waals surface area contributed by atoms with Crippen molar-refractivity contribution >= 4 is 44.5 Å². The molecule has 2 unspecified atom stereocenters. The number of carbonyl (C=O) groups excluding carboxylic acids is 1. The first-order valence-electron chi connectivity index (χ1n) is 10.8. The molecule has 2 atom stereocenters. The lowest BCUT2D eigenvalue weighted by atomic mass is 10.0. The molecule has 5 rings (SSSR count). The fraction of sp³-hybridized carbons (Fsp3) is 0.304. The molecule has 4 aromatic rings. The summed E-state index contributed by atoms with van der Waals surface area (Å²) in [5.74, 6) is 0.151. The lowest BCUT2D eigenvalue weighted by Crippen LogP contribution is -2.14. The molecule has 1 saturated heterocycles. The molecule has 4 aromatic heterocycles. The van der Waals surface area contributed by atoms with Crippen molar-refractivity contribution in [1.82, 2.24) is 24.9 Å². The summed E-state index contributed by atoms with van der Waals surface area (Å²) in [4.78, 5) is 35.7. The van der Waals surface area contributed by atoms with E-state index in [-0.39, 0.29) is 23.8 Å². The molecule has 1 fully saturated rings. The summed E-state index contributed by atoms with van der Waals surface area (Å²) >= 11 is 7.35. The molecule has 5 heterocycles. The topological polar surface area (TPSA) is 132 Å². The van der Waals surface area contributed by atoms with E-state index in [1.54, 1.807) is 18.3 Å². The van der Waals surface area contributed by atoms with Crippen molar-refractivity contribution in [1.29, 1.82) is 0 Å². The molecule has 2 N–H and O–H groups in total. The fourth-order valence-corrected chi connectivity index (χ4v) is 4.90. The summed E-state index contributed by atoms with van der Waals surface area (Å²) in [5, 5.41) is 12.8. The van der Waals surface area contributed by atoms with Gasteiger partial charge in [-0.3, -0.25) is 15.1 Å². The fourth-order valence-electron chi connectivity index (χ4n) is 3.94. The van der Waals surface area contributed by atoms with Crippen LogP contribution in [0.4, 0.5) is 5.13 Å². The van der Waals surface area contributed by atoms with Crippen LogP contribution in [0.15, 0.2) is 30.7 Å². The molecule has 0 radical (unpaired) electrons. The number of aliphatic hydroxyl groups excluding tert-OH is 1. The number of halogens is 1. The number of methoxy groups -OCH3 is 1. The molecule has 35 heavy (non-hydrogen) atoms. The Morgan fingerprint density at radius 2 is 2.09 bits per heavy atom. The van der Waals surface area contributed by atoms with Crippen LogP contribution in [0.25, 0.3) is 21.6 Å². The number of carbonyl (C=O) groups is 1. The first-order valence-corrected chi connectivity index (χ1v) is 12.0. The molecule has 0 saturated carbocycles. The molecular weight excluding hydrogens is 492 g/mol. The van der Waals surface area contributed by atoms with Gasteiger partial charge in [0, 0.05) is 28.9 Å². The lowest BCUT2D eigenvalue weighted by molar-refractivity contribution is 0.0584. The Balaban J connectivity index is 1.43. The normalized spacial score (nSPS) is 17.6. The van der Waals surface area contributed by atoms with Crippen molar-refractivity contribution in [2.45, 2.75) is 25.4 Å². The average molecular weight is 513 g/mol. The van der Waals surface area contributed by atoms with Gasteiger partial charge in [0.25, 0.3) is 5.91 Å². The minimum absolute atomic E-state index is 0.0175. The van der Waals surface area contributed by atoms with Gasteiger partial charge in [0.1, 0.15) is 10.9 Å². The Kier molecular flexibility index (Phi) is 6.56. The number of nitrogens with zero attached hydrogens (tertiary/aromatic N) is 5. The number of hydrogen-bond acceptors (Lipinski definition) is 10. The molecule has 1 amide bonds. The highest BCUT2D eigenvalue weighted by molar-refractivity contribution is 7.21. The number of pyridine rings is 2. The van der Waals surface area contributed by atoms with Gasteiger partial charge in [-0.2, -0.15) is 4.98 Å². The van der Waals surface area contributed by atoms with Crippen molar-refractivity contribution in [3.8, 4) is 16.9 Å². The van der Waals surface area contributed by atoms with Crippen molar-refractivity contribution in [3.05, 3.63) is 52.8 Å². The Hall–Kier alpha value is -3.25. The van der Waals surface area contributed by atoms with Gasteiger partial charge in [-0.25, -0.2) is 15.0 Å². The second kappa shape index (κ2) is 9.78. The van der Waals surface area contributed by atoms with E-state index in [9.17, 15) is 9.90 Å². The lowest BCUT2D eigenvalue weighted by Gasteiger charge is -2.13. The second-order valence-corrected chi connectivity index (χ2v) is 9.41. The third-order valence-corrected chi connectivity index (χ3v) is 6.75. The number of aryl methyl sites for hydroxylation is 1. The average Bonchev–Trinajstić information content (AvgIpc) is 3.50. The van der Waals surface area contributed by atoms with Gasteiger partial charge in [-0.1, -0.05) is 22.9 Å². The number of amides is 1. The van der Waals surface area contributed by atoms with E-state index in [0.717, 1.165) is 11.4 Å². The highest BCUT2D eigenvalue weighted by Crippen LogP contribution is 2.35. The van der Waals surface area contributed by atoms with Gasteiger partial charge < -0.3 is 14.6 Å². The number of aromatic nitrogens is 5. The predicted molar refractivity (Wildman–Crippen MR) is 131 cm³/mol. The first-order chi connectivity index (χ1) is 16.9. The Morgan fingerprint density at radius 1 is 1.23 bits per heavy atom. The van der Waals surface area contributed by atoms with Gasteiger partial charge in [-0.05, 0) is 25.5 Å². The number of hydrogen-bond donors (Lipinski definition) is 2. The standard InChI is InChI=1S/C23H21ClN6O4S/c1-11-3-14(15-5-19(24)26-8-18(15)33-2)16(6-25-11)21(32)30-23-29-20-22(35-23)28-17(7-27-20)12-4-13(9-31)34-10-12/h3,5-8,12-13,31H,4,9-10H2,1-2H3,(H,27,29,30,32). The molecule has 1 aliphatic heterocycles. The van der Waals surface area contributed by atoms with E-state index in [1.807, 2.05) is 6.92 Å². The van der Waals surface area contributed by atoms with Crippen LogP contribution in [0.1, 0.15) is 34.1 Å². The number of nitrogens with one attached hydrogen (secondary N) is 1. The summed E-state index contributed by atoms with van der Waals surface area (Å²) in [6, 6.07) is 3.44. The van der Waals surface area contributed by atoms with Crippen LogP contribution < -0.4 is 10.1 Å². The van der Waals surface area contributed by atoms with Crippen molar-refractivity contribution in [2.75, 3.05) is 25.6 Å². The van der Waals surface area contributed by atoms with E-state index >= 15 is 0 Å². The number of fused-ring (bicyclic) bond motifs is 1. The summed E-state index contributed by atoms with van der Waals surface area (Å²) in [6.45, 7) is 2.30. The third kappa shape index (κ3) is 4.80. The monoisotopic (exact) mass is 512 g/mol. The van der Waals surface area contributed by atoms with Crippen molar-refractivity contribution in [2.24, 2.45) is 0 Å². The molecule has 1 aliphatic rings. The predicted octanol–water partition coefficient (Wildman–Crippen LogP) is 3.63. The minimum atomic E-state index is -0.392. The quantitative estimate of drug-likeness (QED) is 0.371. The van der Waals surface area contributed by atoms with Crippen LogP contribution in [-0.2, 0) is 4.74 Å². The summed E-state index contributed by atoms with van der Waals surface area (Å²) in [6.07, 6.45) is 5.19. The van der Waals surface area contributed by atoms with E-state index < -0.39 is 5.91 Å². The van der Waals surface area contributed by atoms with E-state index in [2.05, 4.69) is 30.2 Å². The number of ether oxygens (including phenoxy) is 2. The zero-order chi connectivity index (χ0) is 24.5. The maximum atomic E-state index is 13.3. The van der Waals surface area contributed by atoms with Gasteiger partial charge in [0.05, 0.1) is 50.1 Å². The molecule has 180 valence electrons. The Morgan fingerprint density at radius 3 is 2.86 bits per heavy atom. The summed E-state index contributed by atoms with van der Waals surface area (Å²) in [7, 11) is 1.53. The molecule has 0 bridgehead atoms. The van der Waals surface area contributed by atoms with Gasteiger partial charge in [0.2, 0.25) is 0 Å². The Labute approximate surface area is 209 Å². The minimum Gasteiger partial charge on any atom is -0.494 e. The zero-order valence-electron chi connectivity index (χ0n) is 18.9.